The molecule has 2 aliphatic rings. The molecule has 0 bridgehead atoms. The zero-order valence-corrected chi connectivity index (χ0v) is 17.5. The maximum absolute atomic E-state index is 12.6. The Morgan fingerprint density at radius 2 is 1.93 bits per heavy atom. The molecule has 0 atom stereocenters. The largest absolute Gasteiger partial charge is 0.487 e. The molecule has 1 aromatic heterocycles. The molecule has 0 saturated carbocycles. The highest BCUT2D eigenvalue weighted by atomic mass is 16.5. The highest BCUT2D eigenvalue weighted by Gasteiger charge is 2.30. The molecule has 1 aromatic carbocycles. The van der Waals surface area contributed by atoms with Crippen molar-refractivity contribution in [3.05, 3.63) is 33.7 Å². The molecule has 0 radical (unpaired) electrons. The first-order valence-corrected chi connectivity index (χ1v) is 10.1. The molecule has 1 fully saturated rings. The third kappa shape index (κ3) is 3.96. The van der Waals surface area contributed by atoms with Crippen molar-refractivity contribution in [2.45, 2.75) is 39.2 Å². The van der Waals surface area contributed by atoms with Crippen LogP contribution in [0.3, 0.4) is 0 Å². The van der Waals surface area contributed by atoms with Gasteiger partial charge in [0.25, 0.3) is 5.91 Å². The topological polar surface area (TPSA) is 72.2 Å². The molecule has 2 aromatic rings. The van der Waals surface area contributed by atoms with Gasteiger partial charge in [0.05, 0.1) is 5.39 Å². The van der Waals surface area contributed by atoms with Gasteiger partial charge in [-0.3, -0.25) is 4.79 Å². The van der Waals surface area contributed by atoms with E-state index in [4.69, 9.17) is 13.9 Å². The van der Waals surface area contributed by atoms with E-state index in [1.165, 1.54) is 6.07 Å². The van der Waals surface area contributed by atoms with Crippen molar-refractivity contribution >= 4 is 16.9 Å². The SMILES string of the molecule is Cc1cc(=O)oc2c3c(cc(OCC(=O)N4CCN(C)CC4)c12)OC(C)(C)CC3. The number of piperazine rings is 1. The second-order valence-corrected chi connectivity index (χ2v) is 8.64. The summed E-state index contributed by atoms with van der Waals surface area (Å²) in [5, 5.41) is 0.734. The zero-order chi connectivity index (χ0) is 20.8. The molecule has 0 unspecified atom stereocenters. The number of fused-ring (bicyclic) bond motifs is 3. The molecule has 0 aliphatic carbocycles. The number of carbonyl (C=O) groups is 1. The quantitative estimate of drug-likeness (QED) is 0.737. The summed E-state index contributed by atoms with van der Waals surface area (Å²) in [6.45, 7) is 8.99. The first-order chi connectivity index (χ1) is 13.7. The predicted molar refractivity (Wildman–Crippen MR) is 110 cm³/mol. The fourth-order valence-electron chi connectivity index (χ4n) is 4.02. The second kappa shape index (κ2) is 7.37. The van der Waals surface area contributed by atoms with Gasteiger partial charge in [0, 0.05) is 43.9 Å². The van der Waals surface area contributed by atoms with Crippen LogP contribution in [0.4, 0.5) is 0 Å². The fourth-order valence-corrected chi connectivity index (χ4v) is 4.02. The van der Waals surface area contributed by atoms with Crippen molar-refractivity contribution in [1.82, 2.24) is 9.80 Å². The van der Waals surface area contributed by atoms with Gasteiger partial charge in [0.15, 0.2) is 6.61 Å². The molecule has 1 saturated heterocycles. The monoisotopic (exact) mass is 400 g/mol. The lowest BCUT2D eigenvalue weighted by molar-refractivity contribution is -0.134. The third-order valence-electron chi connectivity index (χ3n) is 5.81. The van der Waals surface area contributed by atoms with Gasteiger partial charge >= 0.3 is 5.63 Å². The van der Waals surface area contributed by atoms with E-state index < -0.39 is 5.63 Å². The van der Waals surface area contributed by atoms with Crippen molar-refractivity contribution in [1.29, 1.82) is 0 Å². The summed E-state index contributed by atoms with van der Waals surface area (Å²) in [6.07, 6.45) is 1.58. The first kappa shape index (κ1) is 19.8. The van der Waals surface area contributed by atoms with Gasteiger partial charge in [0.1, 0.15) is 22.7 Å². The molecule has 7 heteroatoms. The summed E-state index contributed by atoms with van der Waals surface area (Å²) in [4.78, 5) is 28.7. The van der Waals surface area contributed by atoms with Crippen molar-refractivity contribution in [2.24, 2.45) is 0 Å². The Bertz CT molecular complexity index is 1000. The summed E-state index contributed by atoms with van der Waals surface area (Å²) < 4.78 is 17.7. The number of aryl methyl sites for hydroxylation is 2. The number of benzene rings is 1. The van der Waals surface area contributed by atoms with Crippen molar-refractivity contribution < 1.29 is 18.7 Å². The van der Waals surface area contributed by atoms with E-state index in [0.29, 0.717) is 30.2 Å². The van der Waals surface area contributed by atoms with Crippen LogP contribution in [0.15, 0.2) is 21.3 Å². The van der Waals surface area contributed by atoms with Gasteiger partial charge in [-0.1, -0.05) is 0 Å². The van der Waals surface area contributed by atoms with Crippen LogP contribution in [0.2, 0.25) is 0 Å². The van der Waals surface area contributed by atoms with Crippen LogP contribution in [0.25, 0.3) is 11.0 Å². The predicted octanol–water partition coefficient (Wildman–Crippen LogP) is 2.36. The number of likely N-dealkylation sites (N-methyl/N-ethyl adjacent to an activating group) is 1. The first-order valence-electron chi connectivity index (χ1n) is 10.1. The van der Waals surface area contributed by atoms with E-state index in [1.807, 2.05) is 31.7 Å². The van der Waals surface area contributed by atoms with Crippen LogP contribution in [0.1, 0.15) is 31.4 Å². The Kier molecular flexibility index (Phi) is 5.02. The van der Waals surface area contributed by atoms with E-state index in [0.717, 1.165) is 42.4 Å². The van der Waals surface area contributed by atoms with Gasteiger partial charge in [-0.25, -0.2) is 4.79 Å². The molecule has 7 nitrogen and oxygen atoms in total. The zero-order valence-electron chi connectivity index (χ0n) is 17.5. The lowest BCUT2D eigenvalue weighted by atomic mass is 9.92. The molecule has 1 amide bonds. The third-order valence-corrected chi connectivity index (χ3v) is 5.81. The molecule has 156 valence electrons. The fraction of sp³-hybridized carbons (Fsp3) is 0.545. The average Bonchev–Trinajstić information content (AvgIpc) is 2.65. The minimum atomic E-state index is -0.396. The van der Waals surface area contributed by atoms with E-state index >= 15 is 0 Å². The highest BCUT2D eigenvalue weighted by Crippen LogP contribution is 2.42. The second-order valence-electron chi connectivity index (χ2n) is 8.64. The van der Waals surface area contributed by atoms with Gasteiger partial charge in [-0.2, -0.15) is 0 Å². The number of hydrogen-bond acceptors (Lipinski definition) is 6. The minimum Gasteiger partial charge on any atom is -0.487 e. The van der Waals surface area contributed by atoms with Gasteiger partial charge in [-0.05, 0) is 46.2 Å². The number of ether oxygens (including phenoxy) is 2. The van der Waals surface area contributed by atoms with E-state index in [1.54, 1.807) is 0 Å². The normalized spacial score (nSPS) is 19.0. The molecule has 0 spiro atoms. The molecular weight excluding hydrogens is 372 g/mol. The molecule has 2 aliphatic heterocycles. The molecular formula is C22H28N2O5. The molecule has 0 N–H and O–H groups in total. The highest BCUT2D eigenvalue weighted by molar-refractivity contribution is 5.91. The summed E-state index contributed by atoms with van der Waals surface area (Å²) in [5.74, 6) is 1.13. The Labute approximate surface area is 170 Å². The van der Waals surface area contributed by atoms with Crippen LogP contribution < -0.4 is 15.1 Å². The van der Waals surface area contributed by atoms with Crippen molar-refractivity contribution in [2.75, 3.05) is 39.8 Å². The molecule has 3 heterocycles. The van der Waals surface area contributed by atoms with E-state index in [9.17, 15) is 9.59 Å². The Morgan fingerprint density at radius 3 is 2.66 bits per heavy atom. The number of rotatable bonds is 3. The lowest BCUT2D eigenvalue weighted by Gasteiger charge is -2.33. The number of hydrogen-bond donors (Lipinski definition) is 0. The van der Waals surface area contributed by atoms with Crippen LogP contribution in [-0.4, -0.2) is 61.1 Å². The Morgan fingerprint density at radius 1 is 1.21 bits per heavy atom. The summed E-state index contributed by atoms with van der Waals surface area (Å²) in [6, 6.07) is 3.29. The lowest BCUT2D eigenvalue weighted by Crippen LogP contribution is -2.48. The van der Waals surface area contributed by atoms with Crippen molar-refractivity contribution in [3.8, 4) is 11.5 Å². The maximum Gasteiger partial charge on any atom is 0.336 e. The number of amides is 1. The van der Waals surface area contributed by atoms with Crippen molar-refractivity contribution in [3.63, 3.8) is 0 Å². The van der Waals surface area contributed by atoms with Gasteiger partial charge in [-0.15, -0.1) is 0 Å². The minimum absolute atomic E-state index is 0.0414. The Balaban J connectivity index is 1.67. The standard InChI is InChI=1S/C22H28N2O5/c1-14-11-19(26)28-21-15-5-6-22(2,3)29-16(15)12-17(20(14)21)27-13-18(25)24-9-7-23(4)8-10-24/h11-12H,5-10,13H2,1-4H3. The Hall–Kier alpha value is -2.54. The number of nitrogens with zero attached hydrogens (tertiary/aromatic N) is 2. The summed E-state index contributed by atoms with van der Waals surface area (Å²) in [7, 11) is 2.05. The number of carbonyl (C=O) groups excluding carboxylic acids is 1. The van der Waals surface area contributed by atoms with Crippen LogP contribution in [0, 0.1) is 6.92 Å². The van der Waals surface area contributed by atoms with Crippen LogP contribution >= 0.6 is 0 Å². The average molecular weight is 400 g/mol. The summed E-state index contributed by atoms with van der Waals surface area (Å²) in [5.41, 5.74) is 1.46. The van der Waals surface area contributed by atoms with Gasteiger partial charge in [0.2, 0.25) is 0 Å². The van der Waals surface area contributed by atoms with Crippen LogP contribution in [-0.2, 0) is 11.2 Å². The molecule has 4 rings (SSSR count). The maximum atomic E-state index is 12.6. The molecule has 29 heavy (non-hydrogen) atoms. The van der Waals surface area contributed by atoms with Crippen LogP contribution in [0.5, 0.6) is 11.5 Å². The smallest absolute Gasteiger partial charge is 0.336 e. The van der Waals surface area contributed by atoms with E-state index in [-0.39, 0.29) is 18.1 Å². The van der Waals surface area contributed by atoms with E-state index in [2.05, 4.69) is 11.9 Å². The van der Waals surface area contributed by atoms with Gasteiger partial charge < -0.3 is 23.7 Å². The summed E-state index contributed by atoms with van der Waals surface area (Å²) >= 11 is 0.